The fourth-order valence-corrected chi connectivity index (χ4v) is 2.65. The van der Waals surface area contributed by atoms with Gasteiger partial charge in [0.2, 0.25) is 0 Å². The summed E-state index contributed by atoms with van der Waals surface area (Å²) in [5.74, 6) is 0.912. The topological polar surface area (TPSA) is 30.5 Å². The third kappa shape index (κ3) is 3.41. The zero-order chi connectivity index (χ0) is 13.9. The lowest BCUT2D eigenvalue weighted by molar-refractivity contribution is -0.0709. The van der Waals surface area contributed by atoms with Crippen LogP contribution in [0.15, 0.2) is 18.2 Å². The average molecular weight is 263 g/mol. The molecule has 2 rings (SSSR count). The molecular weight excluding hydrogens is 238 g/mol. The first-order valence-corrected chi connectivity index (χ1v) is 7.11. The SMILES string of the molecule is CCC1(C)CC(Nc2cc(C)ccc2OC)CCO1. The standard InChI is InChI=1S/C16H25NO2/c1-5-16(3)11-13(8-9-19-16)17-14-10-12(2)6-7-15(14)18-4/h6-7,10,13,17H,5,8-9,11H2,1-4H3. The van der Waals surface area contributed by atoms with Crippen molar-refractivity contribution in [1.29, 1.82) is 0 Å². The number of nitrogens with one attached hydrogen (secondary N) is 1. The van der Waals surface area contributed by atoms with E-state index in [1.54, 1.807) is 7.11 Å². The molecule has 1 fully saturated rings. The highest BCUT2D eigenvalue weighted by atomic mass is 16.5. The number of methoxy groups -OCH3 is 1. The van der Waals surface area contributed by atoms with Gasteiger partial charge in [0.1, 0.15) is 5.75 Å². The van der Waals surface area contributed by atoms with E-state index in [0.29, 0.717) is 6.04 Å². The molecule has 106 valence electrons. The van der Waals surface area contributed by atoms with Crippen LogP contribution in [-0.4, -0.2) is 25.4 Å². The van der Waals surface area contributed by atoms with E-state index in [1.165, 1.54) is 5.56 Å². The molecule has 1 aliphatic heterocycles. The van der Waals surface area contributed by atoms with Crippen LogP contribution in [-0.2, 0) is 4.74 Å². The molecule has 1 heterocycles. The van der Waals surface area contributed by atoms with E-state index in [4.69, 9.17) is 9.47 Å². The highest BCUT2D eigenvalue weighted by Crippen LogP contribution is 2.32. The van der Waals surface area contributed by atoms with Crippen molar-refractivity contribution in [2.24, 2.45) is 0 Å². The van der Waals surface area contributed by atoms with Crippen LogP contribution in [0.5, 0.6) is 5.75 Å². The fourth-order valence-electron chi connectivity index (χ4n) is 2.65. The average Bonchev–Trinajstić information content (AvgIpc) is 2.39. The van der Waals surface area contributed by atoms with Gasteiger partial charge in [-0.3, -0.25) is 0 Å². The fraction of sp³-hybridized carbons (Fsp3) is 0.625. The summed E-state index contributed by atoms with van der Waals surface area (Å²) in [6, 6.07) is 6.70. The molecule has 0 radical (unpaired) electrons. The maximum absolute atomic E-state index is 5.89. The van der Waals surface area contributed by atoms with Gasteiger partial charge < -0.3 is 14.8 Å². The molecule has 0 saturated carbocycles. The third-order valence-corrected chi connectivity index (χ3v) is 4.06. The molecule has 1 aliphatic rings. The van der Waals surface area contributed by atoms with Crippen LogP contribution >= 0.6 is 0 Å². The summed E-state index contributed by atoms with van der Waals surface area (Å²) in [5.41, 5.74) is 2.34. The molecule has 1 saturated heterocycles. The first-order chi connectivity index (χ1) is 9.06. The largest absolute Gasteiger partial charge is 0.495 e. The number of hydrogen-bond donors (Lipinski definition) is 1. The van der Waals surface area contributed by atoms with Gasteiger partial charge in [-0.1, -0.05) is 13.0 Å². The highest BCUT2D eigenvalue weighted by Gasteiger charge is 2.31. The van der Waals surface area contributed by atoms with Crippen molar-refractivity contribution >= 4 is 5.69 Å². The molecule has 0 spiro atoms. The zero-order valence-electron chi connectivity index (χ0n) is 12.5. The van der Waals surface area contributed by atoms with Crippen LogP contribution in [0.3, 0.4) is 0 Å². The summed E-state index contributed by atoms with van der Waals surface area (Å²) >= 11 is 0. The zero-order valence-corrected chi connectivity index (χ0v) is 12.5. The van der Waals surface area contributed by atoms with E-state index in [0.717, 1.165) is 37.3 Å². The Bertz CT molecular complexity index is 433. The number of hydrogen-bond acceptors (Lipinski definition) is 3. The van der Waals surface area contributed by atoms with Gasteiger partial charge in [0, 0.05) is 12.6 Å². The molecule has 2 atom stereocenters. The van der Waals surface area contributed by atoms with Crippen LogP contribution in [0.2, 0.25) is 0 Å². The number of ether oxygens (including phenoxy) is 2. The van der Waals surface area contributed by atoms with Crippen molar-refractivity contribution in [3.05, 3.63) is 23.8 Å². The molecule has 3 nitrogen and oxygen atoms in total. The quantitative estimate of drug-likeness (QED) is 0.897. The predicted octanol–water partition coefficient (Wildman–Crippen LogP) is 3.76. The minimum Gasteiger partial charge on any atom is -0.495 e. The summed E-state index contributed by atoms with van der Waals surface area (Å²) in [4.78, 5) is 0. The van der Waals surface area contributed by atoms with Crippen molar-refractivity contribution < 1.29 is 9.47 Å². The molecule has 19 heavy (non-hydrogen) atoms. The van der Waals surface area contributed by atoms with Gasteiger partial charge in [-0.15, -0.1) is 0 Å². The molecule has 1 N–H and O–H groups in total. The Morgan fingerprint density at radius 1 is 1.47 bits per heavy atom. The van der Waals surface area contributed by atoms with E-state index >= 15 is 0 Å². The molecule has 1 aromatic rings. The van der Waals surface area contributed by atoms with E-state index in [2.05, 4.69) is 38.2 Å². The summed E-state index contributed by atoms with van der Waals surface area (Å²) in [6.07, 6.45) is 3.14. The Labute approximate surface area is 116 Å². The Kier molecular flexibility index (Phi) is 4.35. The minimum atomic E-state index is 0.00692. The van der Waals surface area contributed by atoms with E-state index in [-0.39, 0.29) is 5.60 Å². The van der Waals surface area contributed by atoms with Crippen molar-refractivity contribution in [1.82, 2.24) is 0 Å². The summed E-state index contributed by atoms with van der Waals surface area (Å²) in [6.45, 7) is 7.32. The maximum Gasteiger partial charge on any atom is 0.141 e. The van der Waals surface area contributed by atoms with Crippen LogP contribution < -0.4 is 10.1 Å². The Morgan fingerprint density at radius 3 is 2.95 bits per heavy atom. The molecule has 1 aromatic carbocycles. The molecule has 0 aliphatic carbocycles. The lowest BCUT2D eigenvalue weighted by atomic mass is 9.89. The lowest BCUT2D eigenvalue weighted by Crippen LogP contribution is -2.41. The van der Waals surface area contributed by atoms with Crippen LogP contribution in [0.1, 0.15) is 38.7 Å². The Hall–Kier alpha value is -1.22. The summed E-state index contributed by atoms with van der Waals surface area (Å²) in [7, 11) is 1.72. The predicted molar refractivity (Wildman–Crippen MR) is 79.0 cm³/mol. The van der Waals surface area contributed by atoms with E-state index in [9.17, 15) is 0 Å². The Balaban J connectivity index is 2.10. The van der Waals surface area contributed by atoms with Gasteiger partial charge >= 0.3 is 0 Å². The van der Waals surface area contributed by atoms with Crippen molar-refractivity contribution in [2.45, 2.75) is 51.7 Å². The molecular formula is C16H25NO2. The highest BCUT2D eigenvalue weighted by molar-refractivity contribution is 5.58. The van der Waals surface area contributed by atoms with Gasteiger partial charge in [0.25, 0.3) is 0 Å². The van der Waals surface area contributed by atoms with E-state index in [1.807, 2.05) is 6.07 Å². The first-order valence-electron chi connectivity index (χ1n) is 7.11. The number of rotatable bonds is 4. The van der Waals surface area contributed by atoms with Gasteiger partial charge in [-0.05, 0) is 50.8 Å². The monoisotopic (exact) mass is 263 g/mol. The van der Waals surface area contributed by atoms with Crippen LogP contribution in [0.25, 0.3) is 0 Å². The Morgan fingerprint density at radius 2 is 2.26 bits per heavy atom. The summed E-state index contributed by atoms with van der Waals surface area (Å²) in [5, 5.41) is 3.63. The molecule has 0 amide bonds. The number of aryl methyl sites for hydroxylation is 1. The molecule has 3 heteroatoms. The van der Waals surface area contributed by atoms with Crippen molar-refractivity contribution in [2.75, 3.05) is 19.0 Å². The second-order valence-electron chi connectivity index (χ2n) is 5.69. The normalized spacial score (nSPS) is 27.1. The van der Waals surface area contributed by atoms with Gasteiger partial charge in [0.15, 0.2) is 0 Å². The van der Waals surface area contributed by atoms with Gasteiger partial charge in [-0.2, -0.15) is 0 Å². The molecule has 2 unspecified atom stereocenters. The van der Waals surface area contributed by atoms with Crippen LogP contribution in [0.4, 0.5) is 5.69 Å². The maximum atomic E-state index is 5.89. The first kappa shape index (κ1) is 14.2. The van der Waals surface area contributed by atoms with Gasteiger partial charge in [0.05, 0.1) is 18.4 Å². The molecule has 0 bridgehead atoms. The third-order valence-electron chi connectivity index (χ3n) is 4.06. The second kappa shape index (κ2) is 5.83. The van der Waals surface area contributed by atoms with Crippen molar-refractivity contribution in [3.63, 3.8) is 0 Å². The van der Waals surface area contributed by atoms with Crippen LogP contribution in [0, 0.1) is 6.92 Å². The smallest absolute Gasteiger partial charge is 0.141 e. The number of benzene rings is 1. The molecule has 0 aromatic heterocycles. The van der Waals surface area contributed by atoms with Gasteiger partial charge in [-0.25, -0.2) is 0 Å². The minimum absolute atomic E-state index is 0.00692. The number of anilines is 1. The second-order valence-corrected chi connectivity index (χ2v) is 5.69. The lowest BCUT2D eigenvalue weighted by Gasteiger charge is -2.38. The van der Waals surface area contributed by atoms with Crippen molar-refractivity contribution in [3.8, 4) is 5.75 Å². The summed E-state index contributed by atoms with van der Waals surface area (Å²) < 4.78 is 11.3. The van der Waals surface area contributed by atoms with E-state index < -0.39 is 0 Å².